The van der Waals surface area contributed by atoms with E-state index in [1.807, 2.05) is 30.3 Å². The van der Waals surface area contributed by atoms with Crippen LogP contribution in [0.5, 0.6) is 0 Å². The van der Waals surface area contributed by atoms with Crippen molar-refractivity contribution in [1.29, 1.82) is 0 Å². The number of nitrogens with one attached hydrogen (secondary N) is 1. The van der Waals surface area contributed by atoms with E-state index in [0.29, 0.717) is 17.7 Å². The lowest BCUT2D eigenvalue weighted by atomic mass is 9.93. The largest absolute Gasteiger partial charge is 0.464 e. The minimum Gasteiger partial charge on any atom is -0.464 e. The Hall–Kier alpha value is -3.67. The Morgan fingerprint density at radius 2 is 1.97 bits per heavy atom. The summed E-state index contributed by atoms with van der Waals surface area (Å²) < 4.78 is 39.1. The third-order valence-corrected chi connectivity index (χ3v) is 6.86. The Bertz CT molecular complexity index is 1290. The monoisotopic (exact) mass is 538 g/mol. The third-order valence-electron chi connectivity index (χ3n) is 6.86. The van der Waals surface area contributed by atoms with Gasteiger partial charge in [0.2, 0.25) is 5.91 Å². The predicted octanol–water partition coefficient (Wildman–Crippen LogP) is 3.35. The predicted molar refractivity (Wildman–Crippen MR) is 137 cm³/mol. The fourth-order valence-electron chi connectivity index (χ4n) is 4.89. The number of esters is 1. The lowest BCUT2D eigenvalue weighted by molar-refractivity contribution is -0.297. The van der Waals surface area contributed by atoms with E-state index in [4.69, 9.17) is 18.9 Å². The van der Waals surface area contributed by atoms with Gasteiger partial charge < -0.3 is 24.3 Å². The van der Waals surface area contributed by atoms with E-state index in [0.717, 1.165) is 5.56 Å². The molecule has 1 aromatic heterocycles. The Kier molecular flexibility index (Phi) is 8.30. The second-order valence-corrected chi connectivity index (χ2v) is 9.46. The molecule has 11 heteroatoms. The molecule has 5 rings (SSSR count). The molecular weight excluding hydrogens is 507 g/mol. The number of fused-ring (bicyclic) bond motifs is 1. The van der Waals surface area contributed by atoms with Gasteiger partial charge in [-0.2, -0.15) is 0 Å². The molecule has 3 heterocycles. The molecule has 2 aliphatic heterocycles. The lowest BCUT2D eigenvalue weighted by Crippen LogP contribution is -2.57. The Labute approximate surface area is 225 Å². The number of amides is 1. The summed E-state index contributed by atoms with van der Waals surface area (Å²) in [5, 5.41) is 11.3. The summed E-state index contributed by atoms with van der Waals surface area (Å²) in [6.07, 6.45) is -0.325. The van der Waals surface area contributed by atoms with E-state index in [2.05, 4.69) is 15.6 Å². The van der Waals surface area contributed by atoms with Gasteiger partial charge in [-0.15, -0.1) is 5.10 Å². The van der Waals surface area contributed by atoms with Gasteiger partial charge in [0.05, 0.1) is 25.5 Å². The van der Waals surface area contributed by atoms with Crippen molar-refractivity contribution >= 4 is 11.9 Å². The zero-order chi connectivity index (χ0) is 27.4. The van der Waals surface area contributed by atoms with E-state index in [9.17, 15) is 14.0 Å². The summed E-state index contributed by atoms with van der Waals surface area (Å²) in [6.45, 7) is 3.90. The average molecular weight is 539 g/mol. The molecule has 0 spiro atoms. The highest BCUT2D eigenvalue weighted by Gasteiger charge is 2.48. The van der Waals surface area contributed by atoms with Crippen molar-refractivity contribution in [1.82, 2.24) is 20.3 Å². The fraction of sp³-hybridized carbons (Fsp3) is 0.429. The molecule has 2 unspecified atom stereocenters. The van der Waals surface area contributed by atoms with Gasteiger partial charge in [-0.05, 0) is 25.5 Å². The summed E-state index contributed by atoms with van der Waals surface area (Å²) in [5.41, 5.74) is 1.92. The number of benzene rings is 2. The van der Waals surface area contributed by atoms with Gasteiger partial charge in [0.25, 0.3) is 0 Å². The second kappa shape index (κ2) is 12.0. The van der Waals surface area contributed by atoms with Crippen molar-refractivity contribution in [3.8, 4) is 11.3 Å². The van der Waals surface area contributed by atoms with Crippen LogP contribution in [0.2, 0.25) is 0 Å². The molecule has 0 radical (unpaired) electrons. The Morgan fingerprint density at radius 1 is 1.15 bits per heavy atom. The molecule has 6 atom stereocenters. The van der Waals surface area contributed by atoms with Crippen LogP contribution >= 0.6 is 0 Å². The van der Waals surface area contributed by atoms with Crippen LogP contribution in [-0.2, 0) is 28.5 Å². The first kappa shape index (κ1) is 26.9. The number of carbonyl (C=O) groups is 2. The summed E-state index contributed by atoms with van der Waals surface area (Å²) in [5.74, 6) is -1.31. The van der Waals surface area contributed by atoms with Crippen LogP contribution in [0.3, 0.4) is 0 Å². The first-order valence-corrected chi connectivity index (χ1v) is 13.1. The van der Waals surface area contributed by atoms with Crippen molar-refractivity contribution < 1.29 is 32.9 Å². The van der Waals surface area contributed by atoms with Crippen LogP contribution in [0.1, 0.15) is 44.6 Å². The zero-order valence-corrected chi connectivity index (χ0v) is 21.7. The van der Waals surface area contributed by atoms with E-state index in [1.165, 1.54) is 12.1 Å². The number of rotatable bonds is 8. The number of halogens is 1. The highest BCUT2D eigenvalue weighted by atomic mass is 19.1. The van der Waals surface area contributed by atoms with E-state index in [-0.39, 0.29) is 25.5 Å². The standard InChI is InChI=1S/C28H31FN4O6/c1-3-20(27(35)36-4-2)30-26(34)23-14-22(33-15-21(31-32-33)18-11-8-12-19(29)13-18)25-24(38-23)16-37-28(39-25)17-9-6-5-7-10-17/h5-13,15,20,22-25,28H,3-4,14,16H2,1-2H3,(H,30,34)/t20?,22-,23-,24-,25-,28?/m1/s1. The molecule has 1 amide bonds. The zero-order valence-electron chi connectivity index (χ0n) is 21.7. The maximum Gasteiger partial charge on any atom is 0.328 e. The second-order valence-electron chi connectivity index (χ2n) is 9.46. The van der Waals surface area contributed by atoms with Gasteiger partial charge in [0, 0.05) is 17.5 Å². The molecule has 206 valence electrons. The molecule has 2 aliphatic rings. The smallest absolute Gasteiger partial charge is 0.328 e. The summed E-state index contributed by atoms with van der Waals surface area (Å²) in [4.78, 5) is 25.5. The van der Waals surface area contributed by atoms with E-state index in [1.54, 1.807) is 36.9 Å². The van der Waals surface area contributed by atoms with Crippen molar-refractivity contribution in [2.45, 2.75) is 63.4 Å². The van der Waals surface area contributed by atoms with Crippen LogP contribution in [-0.4, -0.2) is 64.4 Å². The maximum atomic E-state index is 13.8. The minimum atomic E-state index is -0.901. The fourth-order valence-corrected chi connectivity index (χ4v) is 4.89. The van der Waals surface area contributed by atoms with Crippen molar-refractivity contribution in [3.05, 3.63) is 72.2 Å². The Morgan fingerprint density at radius 3 is 2.72 bits per heavy atom. The summed E-state index contributed by atoms with van der Waals surface area (Å²) in [7, 11) is 0. The number of ether oxygens (including phenoxy) is 4. The molecule has 10 nitrogen and oxygen atoms in total. The first-order chi connectivity index (χ1) is 19.0. The maximum absolute atomic E-state index is 13.8. The van der Waals surface area contributed by atoms with Crippen LogP contribution in [0.4, 0.5) is 4.39 Å². The van der Waals surface area contributed by atoms with Gasteiger partial charge in [0.15, 0.2) is 6.29 Å². The van der Waals surface area contributed by atoms with Crippen molar-refractivity contribution in [2.24, 2.45) is 0 Å². The number of hydrogen-bond donors (Lipinski definition) is 1. The van der Waals surface area contributed by atoms with Crippen molar-refractivity contribution in [3.63, 3.8) is 0 Å². The normalized spacial score (nSPS) is 25.4. The average Bonchev–Trinajstić information content (AvgIpc) is 3.46. The van der Waals surface area contributed by atoms with Crippen molar-refractivity contribution in [2.75, 3.05) is 13.2 Å². The number of aromatic nitrogens is 3. The van der Waals surface area contributed by atoms with Gasteiger partial charge >= 0.3 is 5.97 Å². The van der Waals surface area contributed by atoms with Crippen LogP contribution in [0.15, 0.2) is 60.8 Å². The quantitative estimate of drug-likeness (QED) is 0.435. The summed E-state index contributed by atoms with van der Waals surface area (Å²) >= 11 is 0. The molecule has 3 aromatic rings. The minimum absolute atomic E-state index is 0.186. The first-order valence-electron chi connectivity index (χ1n) is 13.1. The van der Waals surface area contributed by atoms with Crippen LogP contribution < -0.4 is 5.32 Å². The molecule has 0 aliphatic carbocycles. The Balaban J connectivity index is 1.40. The van der Waals surface area contributed by atoms with Gasteiger partial charge in [-0.25, -0.2) is 13.9 Å². The molecule has 1 N–H and O–H groups in total. The molecule has 39 heavy (non-hydrogen) atoms. The number of hydrogen-bond acceptors (Lipinski definition) is 8. The highest BCUT2D eigenvalue weighted by molar-refractivity contribution is 5.87. The van der Waals surface area contributed by atoms with Crippen LogP contribution in [0.25, 0.3) is 11.3 Å². The van der Waals surface area contributed by atoms with E-state index >= 15 is 0 Å². The molecule has 0 saturated carbocycles. The molecular formula is C28H31FN4O6. The SMILES string of the molecule is CCOC(=O)C(CC)NC(=O)[C@H]1C[C@@H](n2cc(-c3cccc(F)c3)nn2)[C@H]2OC(c3ccccc3)OC[C@H]2O1. The number of carbonyl (C=O) groups excluding carboxylic acids is 2. The summed E-state index contributed by atoms with van der Waals surface area (Å²) in [6, 6.07) is 14.4. The van der Waals surface area contributed by atoms with Gasteiger partial charge in [-0.1, -0.05) is 54.6 Å². The van der Waals surface area contributed by atoms with E-state index < -0.39 is 48.6 Å². The third kappa shape index (κ3) is 6.00. The highest BCUT2D eigenvalue weighted by Crippen LogP contribution is 2.39. The van der Waals surface area contributed by atoms with Gasteiger partial charge in [-0.3, -0.25) is 4.79 Å². The lowest BCUT2D eigenvalue weighted by Gasteiger charge is -2.45. The van der Waals surface area contributed by atoms with Gasteiger partial charge in [0.1, 0.15) is 35.9 Å². The topological polar surface area (TPSA) is 114 Å². The molecule has 2 saturated heterocycles. The number of nitrogens with zero attached hydrogens (tertiary/aromatic N) is 3. The molecule has 2 aromatic carbocycles. The van der Waals surface area contributed by atoms with Crippen LogP contribution in [0, 0.1) is 5.82 Å². The molecule has 0 bridgehead atoms. The molecule has 2 fully saturated rings.